The summed E-state index contributed by atoms with van der Waals surface area (Å²) in [6.45, 7) is 7.87. The maximum Gasteiger partial charge on any atom is 0.238 e. The minimum Gasteiger partial charge on any atom is -0.493 e. The summed E-state index contributed by atoms with van der Waals surface area (Å²) in [5.74, 6) is 1.94. The van der Waals surface area contributed by atoms with Crippen molar-refractivity contribution in [3.05, 3.63) is 53.6 Å². The lowest BCUT2D eigenvalue weighted by atomic mass is 9.99. The number of anilines is 1. The Morgan fingerprint density at radius 3 is 2.43 bits per heavy atom. The first-order chi connectivity index (χ1) is 13.5. The maximum absolute atomic E-state index is 12.4. The van der Waals surface area contributed by atoms with Crippen molar-refractivity contribution >= 4 is 11.6 Å². The minimum atomic E-state index is -0.0308. The Hall–Kier alpha value is -2.53. The molecular formula is C23H32N2O3. The van der Waals surface area contributed by atoms with Crippen LogP contribution in [0.25, 0.3) is 0 Å². The Morgan fingerprint density at radius 1 is 1.11 bits per heavy atom. The summed E-state index contributed by atoms with van der Waals surface area (Å²) in [5, 5.41) is 2.97. The number of nitrogens with one attached hydrogen (secondary N) is 1. The van der Waals surface area contributed by atoms with Crippen LogP contribution in [0.15, 0.2) is 42.5 Å². The van der Waals surface area contributed by atoms with Crippen molar-refractivity contribution in [1.82, 2.24) is 4.90 Å². The zero-order valence-corrected chi connectivity index (χ0v) is 17.6. The summed E-state index contributed by atoms with van der Waals surface area (Å²) in [5.41, 5.74) is 3.18. The molecule has 1 amide bonds. The molecule has 0 aliphatic carbocycles. The van der Waals surface area contributed by atoms with Crippen LogP contribution in [-0.2, 0) is 11.3 Å². The lowest BCUT2D eigenvalue weighted by Gasteiger charge is -2.18. The van der Waals surface area contributed by atoms with Crippen LogP contribution in [0.3, 0.4) is 0 Å². The third kappa shape index (κ3) is 6.27. The molecular weight excluding hydrogens is 352 g/mol. The van der Waals surface area contributed by atoms with E-state index >= 15 is 0 Å². The highest BCUT2D eigenvalue weighted by atomic mass is 16.5. The number of rotatable bonds is 10. The van der Waals surface area contributed by atoms with Gasteiger partial charge >= 0.3 is 0 Å². The van der Waals surface area contributed by atoms with Crippen molar-refractivity contribution in [1.29, 1.82) is 0 Å². The first kappa shape index (κ1) is 21.8. The van der Waals surface area contributed by atoms with E-state index in [-0.39, 0.29) is 5.91 Å². The van der Waals surface area contributed by atoms with Crippen LogP contribution in [0.4, 0.5) is 5.69 Å². The standard InChI is InChI=1S/C23H32N2O3/c1-6-17(3)19-9-11-20(12-10-19)24-23(26)16-25(4)15-18-8-13-21(28-7-2)22(14-18)27-5/h8-14,17H,6-7,15-16H2,1-5H3,(H,24,26). The van der Waals surface area contributed by atoms with Gasteiger partial charge in [0.2, 0.25) is 5.91 Å². The highest BCUT2D eigenvalue weighted by molar-refractivity contribution is 5.92. The fraction of sp³-hybridized carbons (Fsp3) is 0.435. The number of ether oxygens (including phenoxy) is 2. The number of nitrogens with zero attached hydrogens (tertiary/aromatic N) is 1. The highest BCUT2D eigenvalue weighted by Gasteiger charge is 2.11. The van der Waals surface area contributed by atoms with Gasteiger partial charge in [-0.2, -0.15) is 0 Å². The predicted molar refractivity (Wildman–Crippen MR) is 114 cm³/mol. The molecule has 0 radical (unpaired) electrons. The maximum atomic E-state index is 12.4. The number of benzene rings is 2. The van der Waals surface area contributed by atoms with E-state index in [1.54, 1.807) is 7.11 Å². The summed E-state index contributed by atoms with van der Waals surface area (Å²) in [7, 11) is 3.56. The number of methoxy groups -OCH3 is 1. The Morgan fingerprint density at radius 2 is 1.82 bits per heavy atom. The lowest BCUT2D eigenvalue weighted by Crippen LogP contribution is -2.29. The molecule has 0 saturated heterocycles. The molecule has 28 heavy (non-hydrogen) atoms. The third-order valence-electron chi connectivity index (χ3n) is 4.77. The Bertz CT molecular complexity index is 759. The normalized spacial score (nSPS) is 11.9. The van der Waals surface area contributed by atoms with Gasteiger partial charge in [0.05, 0.1) is 20.3 Å². The van der Waals surface area contributed by atoms with Gasteiger partial charge in [0.25, 0.3) is 0 Å². The van der Waals surface area contributed by atoms with Crippen LogP contribution in [0, 0.1) is 0 Å². The van der Waals surface area contributed by atoms with E-state index in [1.165, 1.54) is 5.56 Å². The van der Waals surface area contributed by atoms with Crippen molar-refractivity contribution in [2.24, 2.45) is 0 Å². The molecule has 0 saturated carbocycles. The van der Waals surface area contributed by atoms with E-state index in [0.717, 1.165) is 23.4 Å². The third-order valence-corrected chi connectivity index (χ3v) is 4.77. The molecule has 2 rings (SSSR count). The van der Waals surface area contributed by atoms with E-state index in [9.17, 15) is 4.79 Å². The first-order valence-electron chi connectivity index (χ1n) is 9.84. The molecule has 0 aromatic heterocycles. The van der Waals surface area contributed by atoms with Crippen LogP contribution in [-0.4, -0.2) is 38.1 Å². The molecule has 0 spiro atoms. The molecule has 0 fully saturated rings. The van der Waals surface area contributed by atoms with Gasteiger partial charge in [-0.1, -0.05) is 32.0 Å². The zero-order valence-electron chi connectivity index (χ0n) is 17.6. The van der Waals surface area contributed by atoms with E-state index in [2.05, 4.69) is 31.3 Å². The second-order valence-electron chi connectivity index (χ2n) is 7.07. The fourth-order valence-electron chi connectivity index (χ4n) is 3.03. The summed E-state index contributed by atoms with van der Waals surface area (Å²) in [6, 6.07) is 14.0. The van der Waals surface area contributed by atoms with Gasteiger partial charge in [-0.15, -0.1) is 0 Å². The average molecular weight is 385 g/mol. The van der Waals surface area contributed by atoms with Gasteiger partial charge in [-0.3, -0.25) is 9.69 Å². The average Bonchev–Trinajstić information content (AvgIpc) is 2.69. The summed E-state index contributed by atoms with van der Waals surface area (Å²) in [4.78, 5) is 14.3. The number of hydrogen-bond donors (Lipinski definition) is 1. The number of likely N-dealkylation sites (N-methyl/N-ethyl adjacent to an activating group) is 1. The molecule has 0 heterocycles. The molecule has 0 aliphatic heterocycles. The SMILES string of the molecule is CCOc1ccc(CN(C)CC(=O)Nc2ccc(C(C)CC)cc2)cc1OC. The van der Waals surface area contributed by atoms with Crippen LogP contribution in [0.1, 0.15) is 44.2 Å². The van der Waals surface area contributed by atoms with Gasteiger partial charge in [0, 0.05) is 12.2 Å². The van der Waals surface area contributed by atoms with Crippen LogP contribution >= 0.6 is 0 Å². The fourth-order valence-corrected chi connectivity index (χ4v) is 3.03. The quantitative estimate of drug-likeness (QED) is 0.646. The van der Waals surface area contributed by atoms with Crippen LogP contribution < -0.4 is 14.8 Å². The molecule has 2 aromatic carbocycles. The van der Waals surface area contributed by atoms with E-state index in [0.29, 0.717) is 31.4 Å². The number of amides is 1. The molecule has 0 bridgehead atoms. The monoisotopic (exact) mass is 384 g/mol. The molecule has 2 aromatic rings. The Balaban J connectivity index is 1.90. The molecule has 1 N–H and O–H groups in total. The van der Waals surface area contributed by atoms with Gasteiger partial charge in [0.15, 0.2) is 11.5 Å². The molecule has 0 aliphatic rings. The summed E-state index contributed by atoms with van der Waals surface area (Å²) in [6.07, 6.45) is 1.10. The van der Waals surface area contributed by atoms with E-state index in [4.69, 9.17) is 9.47 Å². The second-order valence-corrected chi connectivity index (χ2v) is 7.07. The number of carbonyl (C=O) groups excluding carboxylic acids is 1. The van der Waals surface area contributed by atoms with Crippen molar-refractivity contribution < 1.29 is 14.3 Å². The topological polar surface area (TPSA) is 50.8 Å². The van der Waals surface area contributed by atoms with Crippen molar-refractivity contribution in [3.63, 3.8) is 0 Å². The first-order valence-corrected chi connectivity index (χ1v) is 9.84. The summed E-state index contributed by atoms with van der Waals surface area (Å²) < 4.78 is 10.9. The molecule has 5 heteroatoms. The van der Waals surface area contributed by atoms with Crippen LogP contribution in [0.5, 0.6) is 11.5 Å². The number of carbonyl (C=O) groups is 1. The van der Waals surface area contributed by atoms with Crippen molar-refractivity contribution in [3.8, 4) is 11.5 Å². The Kier molecular flexibility index (Phi) is 8.33. The smallest absolute Gasteiger partial charge is 0.238 e. The van der Waals surface area contributed by atoms with Gasteiger partial charge in [-0.25, -0.2) is 0 Å². The minimum absolute atomic E-state index is 0.0308. The van der Waals surface area contributed by atoms with Crippen molar-refractivity contribution in [2.45, 2.75) is 39.7 Å². The molecule has 152 valence electrons. The number of hydrogen-bond acceptors (Lipinski definition) is 4. The lowest BCUT2D eigenvalue weighted by molar-refractivity contribution is -0.117. The van der Waals surface area contributed by atoms with Gasteiger partial charge in [0.1, 0.15) is 0 Å². The van der Waals surface area contributed by atoms with E-state index in [1.807, 2.05) is 49.2 Å². The van der Waals surface area contributed by atoms with Gasteiger partial charge < -0.3 is 14.8 Å². The summed E-state index contributed by atoms with van der Waals surface area (Å²) >= 11 is 0. The van der Waals surface area contributed by atoms with Crippen LogP contribution in [0.2, 0.25) is 0 Å². The largest absolute Gasteiger partial charge is 0.493 e. The zero-order chi connectivity index (χ0) is 20.5. The highest BCUT2D eigenvalue weighted by Crippen LogP contribution is 2.28. The second kappa shape index (κ2) is 10.7. The van der Waals surface area contributed by atoms with Crippen molar-refractivity contribution in [2.75, 3.05) is 32.6 Å². The van der Waals surface area contributed by atoms with Gasteiger partial charge in [-0.05, 0) is 61.7 Å². The molecule has 1 unspecified atom stereocenters. The molecule has 1 atom stereocenters. The molecule has 5 nitrogen and oxygen atoms in total. The Labute approximate surface area is 168 Å². The predicted octanol–water partition coefficient (Wildman–Crippen LogP) is 4.68. The van der Waals surface area contributed by atoms with E-state index < -0.39 is 0 Å².